The predicted octanol–water partition coefficient (Wildman–Crippen LogP) is 4.20. The van der Waals surface area contributed by atoms with Crippen molar-refractivity contribution in [2.75, 3.05) is 18.0 Å². The summed E-state index contributed by atoms with van der Waals surface area (Å²) in [5, 5.41) is 12.4. The Morgan fingerprint density at radius 2 is 1.83 bits per heavy atom. The Morgan fingerprint density at radius 1 is 1.04 bits per heavy atom. The number of nitro benzene ring substituents is 1. The molecule has 0 radical (unpaired) electrons. The summed E-state index contributed by atoms with van der Waals surface area (Å²) in [4.78, 5) is 13.2. The molecule has 1 aliphatic rings. The fourth-order valence-corrected chi connectivity index (χ4v) is 3.54. The van der Waals surface area contributed by atoms with Crippen LogP contribution in [0.5, 0.6) is 0 Å². The molecule has 1 aliphatic heterocycles. The van der Waals surface area contributed by atoms with E-state index in [0.29, 0.717) is 6.54 Å². The van der Waals surface area contributed by atoms with E-state index in [-0.39, 0.29) is 10.6 Å². The lowest BCUT2D eigenvalue weighted by molar-refractivity contribution is -0.384. The van der Waals surface area contributed by atoms with Gasteiger partial charge >= 0.3 is 0 Å². The van der Waals surface area contributed by atoms with Crippen molar-refractivity contribution in [2.45, 2.75) is 19.4 Å². The van der Waals surface area contributed by atoms with Crippen LogP contribution in [0.15, 0.2) is 54.7 Å². The summed E-state index contributed by atoms with van der Waals surface area (Å²) in [6, 6.07) is 15.5. The third-order valence-electron chi connectivity index (χ3n) is 4.74. The molecule has 0 aliphatic carbocycles. The van der Waals surface area contributed by atoms with Gasteiger partial charge in [-0.15, -0.1) is 0 Å². The number of hydrogen-bond acceptors (Lipinski definition) is 3. The normalized spacial score (nSPS) is 14.4. The predicted molar refractivity (Wildman–Crippen MR) is 95.6 cm³/mol. The largest absolute Gasteiger partial charge is 0.371 e. The smallest absolute Gasteiger partial charge is 0.269 e. The first-order valence-electron chi connectivity index (χ1n) is 8.28. The number of fused-ring (bicyclic) bond motifs is 1. The van der Waals surface area contributed by atoms with Crippen molar-refractivity contribution < 1.29 is 4.92 Å². The maximum atomic E-state index is 11.2. The summed E-state index contributed by atoms with van der Waals surface area (Å²) in [5.41, 5.74) is 3.43. The second kappa shape index (κ2) is 6.00. The number of anilines is 1. The van der Waals surface area contributed by atoms with Crippen molar-refractivity contribution in [3.63, 3.8) is 0 Å². The SMILES string of the molecule is O=[N+]([O-])c1ccc(N2CCCC2)c(Cn2ccc3ccccc32)c1. The Balaban J connectivity index is 1.76. The van der Waals surface area contributed by atoms with Crippen LogP contribution < -0.4 is 4.90 Å². The second-order valence-electron chi connectivity index (χ2n) is 6.27. The first kappa shape index (κ1) is 14.8. The molecule has 0 saturated carbocycles. The van der Waals surface area contributed by atoms with Gasteiger partial charge in [0.2, 0.25) is 0 Å². The van der Waals surface area contributed by atoms with Crippen LogP contribution in [-0.4, -0.2) is 22.6 Å². The van der Waals surface area contributed by atoms with Gasteiger partial charge < -0.3 is 9.47 Å². The minimum Gasteiger partial charge on any atom is -0.371 e. The third-order valence-corrected chi connectivity index (χ3v) is 4.74. The van der Waals surface area contributed by atoms with Gasteiger partial charge in [-0.1, -0.05) is 18.2 Å². The van der Waals surface area contributed by atoms with Crippen LogP contribution in [0.3, 0.4) is 0 Å². The summed E-state index contributed by atoms with van der Waals surface area (Å²) < 4.78 is 2.16. The number of para-hydroxylation sites is 1. The lowest BCUT2D eigenvalue weighted by atomic mass is 10.1. The number of hydrogen-bond donors (Lipinski definition) is 0. The van der Waals surface area contributed by atoms with E-state index in [1.54, 1.807) is 12.1 Å². The van der Waals surface area contributed by atoms with Crippen LogP contribution >= 0.6 is 0 Å². The van der Waals surface area contributed by atoms with Crippen molar-refractivity contribution in [3.8, 4) is 0 Å². The van der Waals surface area contributed by atoms with Gasteiger partial charge in [0, 0.05) is 54.7 Å². The lowest BCUT2D eigenvalue weighted by Crippen LogP contribution is -2.20. The highest BCUT2D eigenvalue weighted by Gasteiger charge is 2.19. The summed E-state index contributed by atoms with van der Waals surface area (Å²) in [5.74, 6) is 0. The van der Waals surface area contributed by atoms with E-state index in [1.165, 1.54) is 18.2 Å². The van der Waals surface area contributed by atoms with Gasteiger partial charge in [-0.25, -0.2) is 0 Å². The number of rotatable bonds is 4. The average molecular weight is 321 g/mol. The van der Waals surface area contributed by atoms with Gasteiger partial charge in [-0.3, -0.25) is 10.1 Å². The molecule has 0 atom stereocenters. The van der Waals surface area contributed by atoms with Crippen LogP contribution in [0.25, 0.3) is 10.9 Å². The minimum absolute atomic E-state index is 0.157. The number of aromatic nitrogens is 1. The van der Waals surface area contributed by atoms with E-state index in [2.05, 4.69) is 33.9 Å². The van der Waals surface area contributed by atoms with Crippen LogP contribution in [0.2, 0.25) is 0 Å². The lowest BCUT2D eigenvalue weighted by Gasteiger charge is -2.21. The van der Waals surface area contributed by atoms with Gasteiger partial charge in [0.25, 0.3) is 5.69 Å². The van der Waals surface area contributed by atoms with E-state index < -0.39 is 0 Å². The molecule has 122 valence electrons. The quantitative estimate of drug-likeness (QED) is 0.534. The van der Waals surface area contributed by atoms with E-state index in [4.69, 9.17) is 0 Å². The molecule has 2 aromatic carbocycles. The van der Waals surface area contributed by atoms with Crippen LogP contribution in [0.1, 0.15) is 18.4 Å². The monoisotopic (exact) mass is 321 g/mol. The highest BCUT2D eigenvalue weighted by Crippen LogP contribution is 2.30. The molecule has 3 aromatic rings. The van der Waals surface area contributed by atoms with Crippen LogP contribution in [0.4, 0.5) is 11.4 Å². The Kier molecular flexibility index (Phi) is 3.69. The molecule has 5 heteroatoms. The van der Waals surface area contributed by atoms with Gasteiger partial charge in [0.05, 0.1) is 4.92 Å². The molecular formula is C19H19N3O2. The molecule has 1 saturated heterocycles. The second-order valence-corrected chi connectivity index (χ2v) is 6.27. The van der Waals surface area contributed by atoms with Crippen molar-refractivity contribution >= 4 is 22.3 Å². The molecule has 0 unspecified atom stereocenters. The summed E-state index contributed by atoms with van der Waals surface area (Å²) >= 11 is 0. The maximum Gasteiger partial charge on any atom is 0.269 e. The molecule has 0 bridgehead atoms. The van der Waals surface area contributed by atoms with Crippen molar-refractivity contribution in [2.24, 2.45) is 0 Å². The van der Waals surface area contributed by atoms with Crippen molar-refractivity contribution in [1.82, 2.24) is 4.57 Å². The maximum absolute atomic E-state index is 11.2. The van der Waals surface area contributed by atoms with Gasteiger partial charge in [-0.2, -0.15) is 0 Å². The standard InChI is InChI=1S/C19H19N3O2/c23-22(24)17-7-8-19(20-10-3-4-11-20)16(13-17)14-21-12-9-15-5-1-2-6-18(15)21/h1-2,5-9,12-13H,3-4,10-11,14H2. The molecule has 2 heterocycles. The zero-order valence-electron chi connectivity index (χ0n) is 13.4. The highest BCUT2D eigenvalue weighted by atomic mass is 16.6. The molecule has 1 aromatic heterocycles. The highest BCUT2D eigenvalue weighted by molar-refractivity contribution is 5.80. The number of benzene rings is 2. The molecule has 1 fully saturated rings. The first-order valence-corrected chi connectivity index (χ1v) is 8.28. The number of nitrogens with zero attached hydrogens (tertiary/aromatic N) is 3. The molecule has 4 rings (SSSR count). The molecular weight excluding hydrogens is 302 g/mol. The average Bonchev–Trinajstić information content (AvgIpc) is 3.25. The van der Waals surface area contributed by atoms with Crippen LogP contribution in [-0.2, 0) is 6.54 Å². The van der Waals surface area contributed by atoms with Gasteiger partial charge in [0.15, 0.2) is 0 Å². The molecule has 0 amide bonds. The third kappa shape index (κ3) is 2.62. The Labute approximate surface area is 140 Å². The Morgan fingerprint density at radius 3 is 2.62 bits per heavy atom. The van der Waals surface area contributed by atoms with Gasteiger partial charge in [0.1, 0.15) is 0 Å². The fraction of sp³-hybridized carbons (Fsp3) is 0.263. The molecule has 0 N–H and O–H groups in total. The summed E-state index contributed by atoms with van der Waals surface area (Å²) in [6.45, 7) is 2.69. The number of nitro groups is 1. The number of non-ortho nitro benzene ring substituents is 1. The molecule has 5 nitrogen and oxygen atoms in total. The molecule has 24 heavy (non-hydrogen) atoms. The van der Waals surface area contributed by atoms with E-state index in [1.807, 2.05) is 18.2 Å². The summed E-state index contributed by atoms with van der Waals surface area (Å²) in [7, 11) is 0. The van der Waals surface area contributed by atoms with Crippen molar-refractivity contribution in [3.05, 3.63) is 70.4 Å². The Hall–Kier alpha value is -2.82. The zero-order chi connectivity index (χ0) is 16.5. The summed E-state index contributed by atoms with van der Waals surface area (Å²) in [6.07, 6.45) is 4.42. The van der Waals surface area contributed by atoms with E-state index in [9.17, 15) is 10.1 Å². The first-order chi connectivity index (χ1) is 11.7. The van der Waals surface area contributed by atoms with E-state index >= 15 is 0 Å². The van der Waals surface area contributed by atoms with Gasteiger partial charge in [-0.05, 0) is 36.4 Å². The van der Waals surface area contributed by atoms with Crippen molar-refractivity contribution in [1.29, 1.82) is 0 Å². The van der Waals surface area contributed by atoms with Crippen LogP contribution in [0, 0.1) is 10.1 Å². The topological polar surface area (TPSA) is 51.3 Å². The zero-order valence-corrected chi connectivity index (χ0v) is 13.4. The minimum atomic E-state index is -0.314. The van der Waals surface area contributed by atoms with E-state index in [0.717, 1.165) is 29.9 Å². The molecule has 0 spiro atoms. The Bertz CT molecular complexity index is 895. The fourth-order valence-electron chi connectivity index (χ4n) is 3.54.